The molecule has 2 rings (SSSR count). The zero-order valence-electron chi connectivity index (χ0n) is 9.64. The molecule has 1 unspecified atom stereocenters. The average Bonchev–Trinajstić information content (AvgIpc) is 2.56. The van der Waals surface area contributed by atoms with E-state index in [-0.39, 0.29) is 19.3 Å². The minimum absolute atomic E-state index is 0.148. The molecule has 2 heterocycles. The van der Waals surface area contributed by atoms with Gasteiger partial charge in [0.2, 0.25) is 0 Å². The van der Waals surface area contributed by atoms with Crippen molar-refractivity contribution in [3.05, 3.63) is 20.8 Å². The Kier molecular flexibility index (Phi) is 3.58. The van der Waals surface area contributed by atoms with Crippen LogP contribution in [0.4, 0.5) is 0 Å². The number of rotatable bonds is 4. The molecular weight excluding hydrogens is 306 g/mol. The Balaban J connectivity index is 2.38. The van der Waals surface area contributed by atoms with Gasteiger partial charge in [0, 0.05) is 14.7 Å². The third-order valence-electron chi connectivity index (χ3n) is 3.04. The Labute approximate surface area is 112 Å². The summed E-state index contributed by atoms with van der Waals surface area (Å²) in [5.41, 5.74) is -0.812. The average molecular weight is 320 g/mol. The predicted octanol–water partition coefficient (Wildman–Crippen LogP) is 2.21. The van der Waals surface area contributed by atoms with Gasteiger partial charge in [0.05, 0.1) is 19.3 Å². The molecule has 1 N–H and O–H groups in total. The Morgan fingerprint density at radius 2 is 2.29 bits per heavy atom. The molecule has 1 atom stereocenters. The number of hydrogen-bond donors (Lipinski definition) is 1. The lowest BCUT2D eigenvalue weighted by molar-refractivity contribution is -0.193. The van der Waals surface area contributed by atoms with E-state index in [1.54, 1.807) is 11.3 Å². The van der Waals surface area contributed by atoms with Crippen LogP contribution in [0.2, 0.25) is 0 Å². The van der Waals surface area contributed by atoms with Gasteiger partial charge in [-0.2, -0.15) is 0 Å². The van der Waals surface area contributed by atoms with Gasteiger partial charge in [-0.05, 0) is 36.1 Å². The summed E-state index contributed by atoms with van der Waals surface area (Å²) < 4.78 is 6.14. The van der Waals surface area contributed by atoms with Crippen molar-refractivity contribution < 1.29 is 14.6 Å². The molecule has 1 aromatic rings. The molecule has 0 spiro atoms. The molecule has 0 saturated carbocycles. The van der Waals surface area contributed by atoms with E-state index in [2.05, 4.69) is 15.9 Å². The third-order valence-corrected chi connectivity index (χ3v) is 4.79. The molecule has 1 aromatic heterocycles. The highest BCUT2D eigenvalue weighted by molar-refractivity contribution is 9.10. The first kappa shape index (κ1) is 13.0. The fourth-order valence-electron chi connectivity index (χ4n) is 2.21. The summed E-state index contributed by atoms with van der Waals surface area (Å²) in [5, 5.41) is 11.4. The van der Waals surface area contributed by atoms with E-state index in [4.69, 9.17) is 4.74 Å². The topological polar surface area (TPSA) is 49.8 Å². The Hall–Kier alpha value is -0.430. The molecular formula is C11H14BrNO3S. The van der Waals surface area contributed by atoms with Gasteiger partial charge in [0.25, 0.3) is 0 Å². The van der Waals surface area contributed by atoms with Crippen LogP contribution in [0.25, 0.3) is 0 Å². The highest BCUT2D eigenvalue weighted by atomic mass is 79.9. The maximum Gasteiger partial charge on any atom is 0.316 e. The van der Waals surface area contributed by atoms with Crippen molar-refractivity contribution in [2.75, 3.05) is 27.3 Å². The number of carboxylic acid groups (broad SMARTS) is 1. The van der Waals surface area contributed by atoms with Crippen molar-refractivity contribution in [3.8, 4) is 0 Å². The summed E-state index contributed by atoms with van der Waals surface area (Å²) in [6.07, 6.45) is 0. The first-order valence-electron chi connectivity index (χ1n) is 5.19. The van der Waals surface area contributed by atoms with Crippen LogP contribution in [-0.2, 0) is 9.53 Å². The summed E-state index contributed by atoms with van der Waals surface area (Å²) >= 11 is 4.98. The second-order valence-electron chi connectivity index (χ2n) is 4.49. The fourth-order valence-corrected chi connectivity index (χ4v) is 3.97. The lowest BCUT2D eigenvalue weighted by atomic mass is 9.77. The van der Waals surface area contributed by atoms with Gasteiger partial charge in [-0.15, -0.1) is 11.3 Å². The smallest absolute Gasteiger partial charge is 0.316 e. The van der Waals surface area contributed by atoms with E-state index >= 15 is 0 Å². The Morgan fingerprint density at radius 3 is 2.59 bits per heavy atom. The van der Waals surface area contributed by atoms with Crippen molar-refractivity contribution in [1.82, 2.24) is 4.90 Å². The van der Waals surface area contributed by atoms with Crippen molar-refractivity contribution in [3.63, 3.8) is 0 Å². The Bertz CT molecular complexity index is 428. The number of ether oxygens (including phenoxy) is 1. The molecule has 1 saturated heterocycles. The summed E-state index contributed by atoms with van der Waals surface area (Å²) in [7, 11) is 3.81. The molecule has 17 heavy (non-hydrogen) atoms. The zero-order chi connectivity index (χ0) is 12.6. The van der Waals surface area contributed by atoms with Crippen molar-refractivity contribution in [2.24, 2.45) is 5.41 Å². The van der Waals surface area contributed by atoms with Gasteiger partial charge in [-0.3, -0.25) is 4.79 Å². The van der Waals surface area contributed by atoms with Crippen molar-refractivity contribution >= 4 is 33.2 Å². The van der Waals surface area contributed by atoms with Gasteiger partial charge < -0.3 is 14.7 Å². The van der Waals surface area contributed by atoms with E-state index in [1.807, 2.05) is 30.4 Å². The summed E-state index contributed by atoms with van der Waals surface area (Å²) in [5.74, 6) is -0.785. The third kappa shape index (κ3) is 2.14. The van der Waals surface area contributed by atoms with Gasteiger partial charge in [0.1, 0.15) is 5.41 Å². The number of carboxylic acids is 1. The number of hydrogen-bond acceptors (Lipinski definition) is 4. The van der Waals surface area contributed by atoms with E-state index in [1.165, 1.54) is 0 Å². The van der Waals surface area contributed by atoms with Crippen LogP contribution in [0.15, 0.2) is 15.9 Å². The van der Waals surface area contributed by atoms with Crippen LogP contribution in [0.5, 0.6) is 0 Å². The summed E-state index contributed by atoms with van der Waals surface area (Å²) in [4.78, 5) is 14.5. The fraction of sp³-hybridized carbons (Fsp3) is 0.545. The molecule has 1 fully saturated rings. The van der Waals surface area contributed by atoms with E-state index in [9.17, 15) is 9.90 Å². The largest absolute Gasteiger partial charge is 0.481 e. The van der Waals surface area contributed by atoms with Crippen molar-refractivity contribution in [2.45, 2.75) is 6.04 Å². The first-order valence-corrected chi connectivity index (χ1v) is 6.86. The minimum Gasteiger partial charge on any atom is -0.481 e. The summed E-state index contributed by atoms with van der Waals surface area (Å²) in [6.45, 7) is 0.557. The second kappa shape index (κ2) is 4.68. The molecule has 94 valence electrons. The van der Waals surface area contributed by atoms with Crippen LogP contribution in [0.3, 0.4) is 0 Å². The normalized spacial score (nSPS) is 20.0. The highest BCUT2D eigenvalue weighted by Crippen LogP contribution is 2.46. The Morgan fingerprint density at radius 1 is 1.65 bits per heavy atom. The number of nitrogens with zero attached hydrogens (tertiary/aromatic N) is 1. The molecule has 0 aliphatic carbocycles. The van der Waals surface area contributed by atoms with E-state index < -0.39 is 11.4 Å². The van der Waals surface area contributed by atoms with Crippen LogP contribution in [0.1, 0.15) is 10.9 Å². The first-order chi connectivity index (χ1) is 7.97. The summed E-state index contributed by atoms with van der Waals surface area (Å²) in [6, 6.07) is 1.84. The van der Waals surface area contributed by atoms with E-state index in [0.29, 0.717) is 0 Å². The van der Waals surface area contributed by atoms with Gasteiger partial charge in [-0.1, -0.05) is 0 Å². The SMILES string of the molecule is CN(C)C(c1cc(Br)cs1)C1(C(=O)O)COC1. The lowest BCUT2D eigenvalue weighted by Crippen LogP contribution is -2.56. The van der Waals surface area contributed by atoms with Crippen LogP contribution < -0.4 is 0 Å². The van der Waals surface area contributed by atoms with Crippen LogP contribution in [-0.4, -0.2) is 43.3 Å². The number of aliphatic carboxylic acids is 1. The molecule has 1 aliphatic rings. The van der Waals surface area contributed by atoms with Crippen molar-refractivity contribution in [1.29, 1.82) is 0 Å². The lowest BCUT2D eigenvalue weighted by Gasteiger charge is -2.45. The molecule has 1 aliphatic heterocycles. The number of halogens is 1. The number of carbonyl (C=O) groups is 1. The van der Waals surface area contributed by atoms with Gasteiger partial charge in [0.15, 0.2) is 0 Å². The van der Waals surface area contributed by atoms with Crippen LogP contribution >= 0.6 is 27.3 Å². The van der Waals surface area contributed by atoms with Crippen LogP contribution in [0, 0.1) is 5.41 Å². The van der Waals surface area contributed by atoms with Gasteiger partial charge >= 0.3 is 5.97 Å². The molecule has 0 amide bonds. The quantitative estimate of drug-likeness (QED) is 0.924. The maximum absolute atomic E-state index is 11.5. The minimum atomic E-state index is -0.812. The molecule has 6 heteroatoms. The standard InChI is InChI=1S/C11H14BrNO3S/c1-13(2)9(8-3-7(12)4-17-8)11(10(14)15)5-16-6-11/h3-4,9H,5-6H2,1-2H3,(H,14,15). The molecule has 0 bridgehead atoms. The molecule has 4 nitrogen and oxygen atoms in total. The highest BCUT2D eigenvalue weighted by Gasteiger charge is 2.54. The maximum atomic E-state index is 11.5. The number of thiophene rings is 1. The monoisotopic (exact) mass is 319 g/mol. The molecule has 0 radical (unpaired) electrons. The predicted molar refractivity (Wildman–Crippen MR) is 69.3 cm³/mol. The van der Waals surface area contributed by atoms with E-state index in [0.717, 1.165) is 9.35 Å². The molecule has 0 aromatic carbocycles. The second-order valence-corrected chi connectivity index (χ2v) is 6.35. The van der Waals surface area contributed by atoms with Gasteiger partial charge in [-0.25, -0.2) is 0 Å². The zero-order valence-corrected chi connectivity index (χ0v) is 12.0.